The minimum atomic E-state index is -0.662. The van der Waals surface area contributed by atoms with Crippen molar-refractivity contribution in [2.75, 3.05) is 12.4 Å². The molecule has 3 rings (SSSR count). The molecule has 0 saturated carbocycles. The predicted molar refractivity (Wildman–Crippen MR) is 90.1 cm³/mol. The van der Waals surface area contributed by atoms with Gasteiger partial charge in [0.1, 0.15) is 17.1 Å². The fraction of sp³-hybridized carbons (Fsp3) is 0.111. The van der Waals surface area contributed by atoms with Crippen LogP contribution < -0.4 is 15.5 Å². The third-order valence-corrected chi connectivity index (χ3v) is 3.75. The second-order valence-corrected chi connectivity index (χ2v) is 5.27. The Morgan fingerprint density at radius 3 is 2.62 bits per heavy atom. The molecule has 0 saturated heterocycles. The van der Waals surface area contributed by atoms with Crippen LogP contribution in [-0.4, -0.2) is 17.6 Å². The molecule has 3 aromatic rings. The van der Waals surface area contributed by atoms with E-state index >= 15 is 0 Å². The number of halogens is 1. The van der Waals surface area contributed by atoms with Gasteiger partial charge in [-0.15, -0.1) is 0 Å². The van der Waals surface area contributed by atoms with Crippen LogP contribution in [0.15, 0.2) is 53.5 Å². The molecule has 0 aliphatic rings. The van der Waals surface area contributed by atoms with Gasteiger partial charge in [0, 0.05) is 13.2 Å². The molecule has 1 heterocycles. The number of aromatic nitrogens is 1. The van der Waals surface area contributed by atoms with Gasteiger partial charge in [0.15, 0.2) is 0 Å². The minimum Gasteiger partial charge on any atom is -0.495 e. The topological polar surface area (TPSA) is 60.3 Å². The second kappa shape index (κ2) is 6.16. The van der Waals surface area contributed by atoms with Crippen LogP contribution in [0.3, 0.4) is 0 Å². The summed E-state index contributed by atoms with van der Waals surface area (Å²) in [6, 6.07) is 10.8. The van der Waals surface area contributed by atoms with Gasteiger partial charge >= 0.3 is 0 Å². The summed E-state index contributed by atoms with van der Waals surface area (Å²) in [6.45, 7) is 0. The molecule has 0 bridgehead atoms. The number of fused-ring (bicyclic) bond motifs is 1. The lowest BCUT2D eigenvalue weighted by molar-refractivity contribution is 0.102. The summed E-state index contributed by atoms with van der Waals surface area (Å²) in [4.78, 5) is 25.1. The van der Waals surface area contributed by atoms with Crippen LogP contribution in [0.2, 0.25) is 0 Å². The number of aryl methyl sites for hydroxylation is 1. The molecule has 0 atom stereocenters. The highest BCUT2D eigenvalue weighted by molar-refractivity contribution is 6.06. The van der Waals surface area contributed by atoms with Crippen LogP contribution in [0.4, 0.5) is 10.1 Å². The zero-order valence-electron chi connectivity index (χ0n) is 13.2. The van der Waals surface area contributed by atoms with Crippen molar-refractivity contribution in [3.05, 3.63) is 70.3 Å². The molecule has 0 aliphatic carbocycles. The predicted octanol–water partition coefficient (Wildman–Crippen LogP) is 2.94. The van der Waals surface area contributed by atoms with Gasteiger partial charge in [-0.05, 0) is 24.3 Å². The standard InChI is InChI=1S/C18H15FN2O3/c1-21-10-12(18(23)20-14-8-4-3-7-13(14)19)17(22)11-6-5-9-15(24-2)16(11)21/h3-10H,1-2H3,(H,20,23). The van der Waals surface area contributed by atoms with E-state index in [0.717, 1.165) is 0 Å². The van der Waals surface area contributed by atoms with Gasteiger partial charge in [-0.1, -0.05) is 18.2 Å². The lowest BCUT2D eigenvalue weighted by atomic mass is 10.1. The molecule has 1 N–H and O–H groups in total. The molecule has 0 aliphatic heterocycles. The number of benzene rings is 2. The number of anilines is 1. The number of carbonyl (C=O) groups is 1. The number of nitrogens with zero attached hydrogens (tertiary/aromatic N) is 1. The maximum atomic E-state index is 13.7. The Bertz CT molecular complexity index is 995. The smallest absolute Gasteiger partial charge is 0.261 e. The normalized spacial score (nSPS) is 10.6. The first kappa shape index (κ1) is 15.7. The summed E-state index contributed by atoms with van der Waals surface area (Å²) >= 11 is 0. The minimum absolute atomic E-state index is 0.0234. The van der Waals surface area contributed by atoms with Crippen LogP contribution in [-0.2, 0) is 7.05 Å². The Kier molecular flexibility index (Phi) is 4.04. The number of hydrogen-bond acceptors (Lipinski definition) is 3. The molecule has 0 radical (unpaired) electrons. The average molecular weight is 326 g/mol. The zero-order chi connectivity index (χ0) is 17.3. The number of rotatable bonds is 3. The van der Waals surface area contributed by atoms with Crippen molar-refractivity contribution in [2.24, 2.45) is 7.05 Å². The Morgan fingerprint density at radius 2 is 1.92 bits per heavy atom. The van der Waals surface area contributed by atoms with Gasteiger partial charge in [-0.2, -0.15) is 0 Å². The first-order valence-corrected chi connectivity index (χ1v) is 7.25. The zero-order valence-corrected chi connectivity index (χ0v) is 13.2. The van der Waals surface area contributed by atoms with Crippen LogP contribution in [0, 0.1) is 5.82 Å². The first-order chi connectivity index (χ1) is 11.5. The Labute approximate surface area is 137 Å². The maximum absolute atomic E-state index is 13.7. The molecule has 122 valence electrons. The molecular weight excluding hydrogens is 311 g/mol. The van der Waals surface area contributed by atoms with Crippen LogP contribution in [0.1, 0.15) is 10.4 Å². The van der Waals surface area contributed by atoms with Gasteiger partial charge in [-0.25, -0.2) is 4.39 Å². The van der Waals surface area contributed by atoms with Crippen molar-refractivity contribution >= 4 is 22.5 Å². The van der Waals surface area contributed by atoms with Gasteiger partial charge in [0.2, 0.25) is 5.43 Å². The van der Waals surface area contributed by atoms with E-state index in [1.54, 1.807) is 35.9 Å². The molecule has 6 heteroatoms. The highest BCUT2D eigenvalue weighted by Gasteiger charge is 2.17. The molecule has 1 amide bonds. The van der Waals surface area contributed by atoms with Crippen molar-refractivity contribution in [1.82, 2.24) is 4.57 Å². The number of carbonyl (C=O) groups excluding carboxylic acids is 1. The average Bonchev–Trinajstić information content (AvgIpc) is 2.59. The summed E-state index contributed by atoms with van der Waals surface area (Å²) in [6.07, 6.45) is 1.42. The third-order valence-electron chi connectivity index (χ3n) is 3.75. The van der Waals surface area contributed by atoms with Crippen LogP contribution >= 0.6 is 0 Å². The molecule has 0 unspecified atom stereocenters. The number of pyridine rings is 1. The van der Waals surface area contributed by atoms with Crippen molar-refractivity contribution < 1.29 is 13.9 Å². The highest BCUT2D eigenvalue weighted by atomic mass is 19.1. The molecule has 2 aromatic carbocycles. The van der Waals surface area contributed by atoms with Crippen molar-refractivity contribution in [3.63, 3.8) is 0 Å². The largest absolute Gasteiger partial charge is 0.495 e. The van der Waals surface area contributed by atoms with E-state index in [2.05, 4.69) is 5.32 Å². The number of hydrogen-bond donors (Lipinski definition) is 1. The third kappa shape index (κ3) is 2.62. The van der Waals surface area contributed by atoms with Crippen molar-refractivity contribution in [2.45, 2.75) is 0 Å². The number of amides is 1. The molecule has 1 aromatic heterocycles. The Balaban J connectivity index is 2.11. The number of ether oxygens (including phenoxy) is 1. The molecule has 0 spiro atoms. The van der Waals surface area contributed by atoms with Gasteiger partial charge in [0.25, 0.3) is 5.91 Å². The fourth-order valence-corrected chi connectivity index (χ4v) is 2.61. The van der Waals surface area contributed by atoms with Gasteiger partial charge in [0.05, 0.1) is 23.7 Å². The van der Waals surface area contributed by atoms with E-state index in [1.807, 2.05) is 0 Å². The SMILES string of the molecule is COc1cccc2c(=O)c(C(=O)Nc3ccccc3F)cn(C)c12. The summed E-state index contributed by atoms with van der Waals surface area (Å²) in [5.41, 5.74) is 0.111. The van der Waals surface area contributed by atoms with Gasteiger partial charge in [-0.3, -0.25) is 9.59 Å². The van der Waals surface area contributed by atoms with E-state index < -0.39 is 17.2 Å². The molecule has 5 nitrogen and oxygen atoms in total. The Morgan fingerprint density at radius 1 is 1.17 bits per heavy atom. The number of methoxy groups -OCH3 is 1. The van der Waals surface area contributed by atoms with E-state index in [1.165, 1.54) is 31.5 Å². The summed E-state index contributed by atoms with van der Waals surface area (Å²) < 4.78 is 20.6. The number of para-hydroxylation sites is 2. The van der Waals surface area contributed by atoms with Crippen LogP contribution in [0.25, 0.3) is 10.9 Å². The van der Waals surface area contributed by atoms with E-state index in [0.29, 0.717) is 16.7 Å². The highest BCUT2D eigenvalue weighted by Crippen LogP contribution is 2.23. The lowest BCUT2D eigenvalue weighted by Crippen LogP contribution is -2.24. The van der Waals surface area contributed by atoms with E-state index in [-0.39, 0.29) is 11.3 Å². The Hall–Kier alpha value is -3.15. The summed E-state index contributed by atoms with van der Waals surface area (Å²) in [7, 11) is 3.22. The summed E-state index contributed by atoms with van der Waals surface area (Å²) in [5.74, 6) is -0.691. The molecule has 0 fully saturated rings. The fourth-order valence-electron chi connectivity index (χ4n) is 2.61. The van der Waals surface area contributed by atoms with Crippen molar-refractivity contribution in [1.29, 1.82) is 0 Å². The monoisotopic (exact) mass is 326 g/mol. The van der Waals surface area contributed by atoms with Crippen LogP contribution in [0.5, 0.6) is 5.75 Å². The number of nitrogens with one attached hydrogen (secondary N) is 1. The molecular formula is C18H15FN2O3. The second-order valence-electron chi connectivity index (χ2n) is 5.27. The maximum Gasteiger partial charge on any atom is 0.261 e. The van der Waals surface area contributed by atoms with E-state index in [9.17, 15) is 14.0 Å². The van der Waals surface area contributed by atoms with E-state index in [4.69, 9.17) is 4.74 Å². The summed E-state index contributed by atoms with van der Waals surface area (Å²) in [5, 5.41) is 2.79. The first-order valence-electron chi connectivity index (χ1n) is 7.25. The molecule has 24 heavy (non-hydrogen) atoms. The quantitative estimate of drug-likeness (QED) is 0.805. The van der Waals surface area contributed by atoms with Gasteiger partial charge < -0.3 is 14.6 Å². The lowest BCUT2D eigenvalue weighted by Gasteiger charge is -2.12. The van der Waals surface area contributed by atoms with Crippen molar-refractivity contribution in [3.8, 4) is 5.75 Å².